The fraction of sp³-hybridized carbons (Fsp3) is 0.625. The molecule has 124 valence electrons. The zero-order valence-electron chi connectivity index (χ0n) is 13.6. The predicted octanol–water partition coefficient (Wildman–Crippen LogP) is 2.20. The van der Waals surface area contributed by atoms with Crippen LogP contribution in [0.2, 0.25) is 5.02 Å². The third kappa shape index (κ3) is 3.97. The summed E-state index contributed by atoms with van der Waals surface area (Å²) in [5.41, 5.74) is 1.06. The Kier molecular flexibility index (Phi) is 6.61. The van der Waals surface area contributed by atoms with E-state index in [4.69, 9.17) is 25.8 Å². The molecule has 1 saturated heterocycles. The van der Waals surface area contributed by atoms with Crippen LogP contribution in [0.3, 0.4) is 0 Å². The van der Waals surface area contributed by atoms with Gasteiger partial charge in [0, 0.05) is 26.2 Å². The number of hydrogen-bond donors (Lipinski definition) is 1. The van der Waals surface area contributed by atoms with Crippen molar-refractivity contribution in [3.8, 4) is 17.2 Å². The zero-order valence-corrected chi connectivity index (χ0v) is 14.3. The second-order valence-electron chi connectivity index (χ2n) is 5.31. The minimum atomic E-state index is 0.520. The number of rotatable bonds is 7. The number of nitrogens with one attached hydrogen (secondary N) is 1. The Morgan fingerprint density at radius 1 is 1.05 bits per heavy atom. The van der Waals surface area contributed by atoms with E-state index in [2.05, 4.69) is 10.2 Å². The minimum absolute atomic E-state index is 0.520. The van der Waals surface area contributed by atoms with Crippen molar-refractivity contribution in [3.05, 3.63) is 16.7 Å². The first kappa shape index (κ1) is 17.2. The van der Waals surface area contributed by atoms with Crippen LogP contribution in [0.1, 0.15) is 12.0 Å². The Hall–Kier alpha value is -1.17. The van der Waals surface area contributed by atoms with Crippen molar-refractivity contribution in [1.82, 2.24) is 10.2 Å². The van der Waals surface area contributed by atoms with Crippen molar-refractivity contribution in [2.75, 3.05) is 54.1 Å². The van der Waals surface area contributed by atoms with E-state index >= 15 is 0 Å². The first-order valence-electron chi connectivity index (χ1n) is 7.61. The summed E-state index contributed by atoms with van der Waals surface area (Å²) < 4.78 is 16.3. The normalized spacial score (nSPS) is 15.6. The second kappa shape index (κ2) is 8.46. The van der Waals surface area contributed by atoms with E-state index in [1.807, 2.05) is 6.07 Å². The summed E-state index contributed by atoms with van der Waals surface area (Å²) in [7, 11) is 4.82. The van der Waals surface area contributed by atoms with E-state index in [1.165, 1.54) is 0 Å². The monoisotopic (exact) mass is 328 g/mol. The molecule has 1 fully saturated rings. The van der Waals surface area contributed by atoms with Gasteiger partial charge in [0.25, 0.3) is 0 Å². The largest absolute Gasteiger partial charge is 0.492 e. The molecule has 1 heterocycles. The average Bonchev–Trinajstić information content (AvgIpc) is 2.55. The smallest absolute Gasteiger partial charge is 0.205 e. The maximum atomic E-state index is 6.29. The molecule has 1 aromatic rings. The van der Waals surface area contributed by atoms with Crippen LogP contribution >= 0.6 is 11.6 Å². The third-order valence-corrected chi connectivity index (χ3v) is 4.25. The number of hydrogen-bond acceptors (Lipinski definition) is 5. The second-order valence-corrected chi connectivity index (χ2v) is 5.72. The summed E-state index contributed by atoms with van der Waals surface area (Å²) in [5, 5.41) is 3.92. The van der Waals surface area contributed by atoms with Gasteiger partial charge in [-0.3, -0.25) is 0 Å². The third-order valence-electron chi connectivity index (χ3n) is 3.96. The van der Waals surface area contributed by atoms with Gasteiger partial charge in [0.1, 0.15) is 0 Å². The van der Waals surface area contributed by atoms with Crippen LogP contribution in [-0.2, 0) is 6.42 Å². The topological polar surface area (TPSA) is 43.0 Å². The lowest BCUT2D eigenvalue weighted by molar-refractivity contribution is 0.238. The van der Waals surface area contributed by atoms with E-state index in [0.29, 0.717) is 22.3 Å². The lowest BCUT2D eigenvalue weighted by atomic mass is 10.1. The Bertz CT molecular complexity index is 491. The molecule has 0 bridgehead atoms. The van der Waals surface area contributed by atoms with E-state index in [9.17, 15) is 0 Å². The fourth-order valence-corrected chi connectivity index (χ4v) is 3.15. The molecule has 22 heavy (non-hydrogen) atoms. The Morgan fingerprint density at radius 2 is 1.68 bits per heavy atom. The molecule has 1 aromatic carbocycles. The maximum absolute atomic E-state index is 6.29. The number of halogens is 1. The number of benzene rings is 1. The zero-order chi connectivity index (χ0) is 15.9. The molecule has 1 N–H and O–H groups in total. The van der Waals surface area contributed by atoms with Crippen LogP contribution in [0.4, 0.5) is 0 Å². The highest BCUT2D eigenvalue weighted by Gasteiger charge is 2.20. The lowest BCUT2D eigenvalue weighted by Gasteiger charge is -2.27. The number of methoxy groups -OCH3 is 3. The van der Waals surface area contributed by atoms with Crippen molar-refractivity contribution in [1.29, 1.82) is 0 Å². The number of ether oxygens (including phenoxy) is 3. The highest BCUT2D eigenvalue weighted by atomic mass is 35.5. The van der Waals surface area contributed by atoms with E-state index in [-0.39, 0.29) is 0 Å². The van der Waals surface area contributed by atoms with E-state index in [0.717, 1.165) is 51.1 Å². The highest BCUT2D eigenvalue weighted by Crippen LogP contribution is 2.45. The van der Waals surface area contributed by atoms with Crippen LogP contribution < -0.4 is 19.5 Å². The van der Waals surface area contributed by atoms with E-state index < -0.39 is 0 Å². The molecule has 0 radical (unpaired) electrons. The van der Waals surface area contributed by atoms with Crippen molar-refractivity contribution in [2.45, 2.75) is 12.8 Å². The predicted molar refractivity (Wildman–Crippen MR) is 88.7 cm³/mol. The van der Waals surface area contributed by atoms with Gasteiger partial charge < -0.3 is 24.4 Å². The molecular formula is C16H25ClN2O3. The van der Waals surface area contributed by atoms with Crippen molar-refractivity contribution >= 4 is 11.6 Å². The number of piperazine rings is 1. The van der Waals surface area contributed by atoms with Crippen molar-refractivity contribution in [3.63, 3.8) is 0 Å². The standard InChI is InChI=1S/C16H25ClN2O3/c1-20-14-12(5-4-8-19-9-6-18-7-10-19)11-13(17)15(21-2)16(14)22-3/h11,18H,4-10H2,1-3H3. The molecule has 0 spiro atoms. The molecule has 0 aliphatic carbocycles. The summed E-state index contributed by atoms with van der Waals surface area (Å²) in [4.78, 5) is 2.48. The Morgan fingerprint density at radius 3 is 2.27 bits per heavy atom. The maximum Gasteiger partial charge on any atom is 0.205 e. The van der Waals surface area contributed by atoms with Crippen molar-refractivity contribution in [2.24, 2.45) is 0 Å². The molecule has 0 amide bonds. The average molecular weight is 329 g/mol. The minimum Gasteiger partial charge on any atom is -0.492 e. The van der Waals surface area contributed by atoms with Gasteiger partial charge >= 0.3 is 0 Å². The van der Waals surface area contributed by atoms with Crippen LogP contribution in [-0.4, -0.2) is 59.0 Å². The molecule has 2 rings (SSSR count). The SMILES string of the molecule is COc1c(Cl)cc(CCCN2CCNCC2)c(OC)c1OC. The first-order valence-corrected chi connectivity index (χ1v) is 7.99. The first-order chi connectivity index (χ1) is 10.7. The lowest BCUT2D eigenvalue weighted by Crippen LogP contribution is -2.43. The van der Waals surface area contributed by atoms with Gasteiger partial charge in [-0.05, 0) is 31.0 Å². The Labute approximate surface area is 137 Å². The molecular weight excluding hydrogens is 304 g/mol. The van der Waals surface area contributed by atoms with Gasteiger partial charge in [-0.1, -0.05) is 11.6 Å². The van der Waals surface area contributed by atoms with Gasteiger partial charge in [0.15, 0.2) is 11.5 Å². The summed E-state index contributed by atoms with van der Waals surface area (Å²) in [6.45, 7) is 5.46. The molecule has 0 atom stereocenters. The molecule has 0 unspecified atom stereocenters. The molecule has 0 saturated carbocycles. The number of aryl methyl sites for hydroxylation is 1. The van der Waals surface area contributed by atoms with Crippen LogP contribution in [0.5, 0.6) is 17.2 Å². The summed E-state index contributed by atoms with van der Waals surface area (Å²) in [6.07, 6.45) is 1.95. The van der Waals surface area contributed by atoms with Crippen LogP contribution in [0.25, 0.3) is 0 Å². The van der Waals surface area contributed by atoms with Gasteiger partial charge in [0.2, 0.25) is 5.75 Å². The molecule has 6 heteroatoms. The van der Waals surface area contributed by atoms with E-state index in [1.54, 1.807) is 21.3 Å². The van der Waals surface area contributed by atoms with Gasteiger partial charge in [-0.2, -0.15) is 0 Å². The van der Waals surface area contributed by atoms with Gasteiger partial charge in [-0.15, -0.1) is 0 Å². The fourth-order valence-electron chi connectivity index (χ4n) is 2.85. The molecule has 5 nitrogen and oxygen atoms in total. The highest BCUT2D eigenvalue weighted by molar-refractivity contribution is 6.32. The van der Waals surface area contributed by atoms with Crippen molar-refractivity contribution < 1.29 is 14.2 Å². The molecule has 0 aromatic heterocycles. The quantitative estimate of drug-likeness (QED) is 0.831. The summed E-state index contributed by atoms with van der Waals surface area (Å²) in [6, 6.07) is 1.92. The summed E-state index contributed by atoms with van der Waals surface area (Å²) >= 11 is 6.29. The van der Waals surface area contributed by atoms with Gasteiger partial charge in [-0.25, -0.2) is 0 Å². The Balaban J connectivity index is 2.07. The van der Waals surface area contributed by atoms with Crippen LogP contribution in [0, 0.1) is 0 Å². The molecule has 1 aliphatic heterocycles. The summed E-state index contributed by atoms with van der Waals surface area (Å²) in [5.74, 6) is 1.80. The van der Waals surface area contributed by atoms with Crippen LogP contribution in [0.15, 0.2) is 6.07 Å². The molecule has 1 aliphatic rings. The number of nitrogens with zero attached hydrogens (tertiary/aromatic N) is 1. The van der Waals surface area contributed by atoms with Gasteiger partial charge in [0.05, 0.1) is 26.4 Å².